The second-order valence-electron chi connectivity index (χ2n) is 7.29. The molecule has 0 spiro atoms. The van der Waals surface area contributed by atoms with Gasteiger partial charge in [-0.1, -0.05) is 29.8 Å². The molecule has 0 N–H and O–H groups in total. The summed E-state index contributed by atoms with van der Waals surface area (Å²) in [4.78, 5) is 18.2. The summed E-state index contributed by atoms with van der Waals surface area (Å²) in [5.41, 5.74) is 3.64. The lowest BCUT2D eigenvalue weighted by molar-refractivity contribution is -0.132. The molecule has 0 aromatic heterocycles. The molecule has 1 heterocycles. The highest BCUT2D eigenvalue weighted by Gasteiger charge is 2.46. The summed E-state index contributed by atoms with van der Waals surface area (Å²) in [6, 6.07) is 14.2. The number of amides is 1. The first-order valence-electron chi connectivity index (χ1n) is 9.12. The Balaban J connectivity index is 1.36. The van der Waals surface area contributed by atoms with Crippen LogP contribution in [0.3, 0.4) is 0 Å². The number of thiol groups is 1. The number of carbonyl (C=O) groups excluding carboxylic acids is 1. The van der Waals surface area contributed by atoms with Crippen molar-refractivity contribution in [1.29, 1.82) is 0 Å². The van der Waals surface area contributed by atoms with Gasteiger partial charge in [0.05, 0.1) is 0 Å². The van der Waals surface area contributed by atoms with Crippen molar-refractivity contribution in [3.05, 3.63) is 58.6 Å². The maximum Gasteiger partial charge on any atom is 0.226 e. The first-order valence-corrected chi connectivity index (χ1v) is 9.94. The van der Waals surface area contributed by atoms with Crippen molar-refractivity contribution in [1.82, 2.24) is 4.90 Å². The quantitative estimate of drug-likeness (QED) is 0.791. The van der Waals surface area contributed by atoms with Gasteiger partial charge in [-0.25, -0.2) is 0 Å². The van der Waals surface area contributed by atoms with E-state index in [0.29, 0.717) is 11.8 Å². The van der Waals surface area contributed by atoms with Crippen LogP contribution in [0.4, 0.5) is 5.69 Å². The fourth-order valence-corrected chi connectivity index (χ4v) is 4.32. The van der Waals surface area contributed by atoms with Crippen molar-refractivity contribution < 1.29 is 4.79 Å². The molecule has 4 rings (SSSR count). The molecular formula is C21H23ClN2OS. The van der Waals surface area contributed by atoms with Crippen molar-refractivity contribution in [2.75, 3.05) is 31.1 Å². The number of halogens is 1. The molecule has 2 aromatic rings. The summed E-state index contributed by atoms with van der Waals surface area (Å²) in [6.07, 6.45) is 0.962. The zero-order valence-corrected chi connectivity index (χ0v) is 16.5. The average molecular weight is 387 g/mol. The standard InChI is InChI=1S/C21H23ClN2OS/c1-14-5-6-16(22)12-20(14)23-7-9-24(10-8-23)21(25)19-13-18(19)15-3-2-4-17(26)11-15/h2-6,11-12,18-19,26H,7-10,13H2,1H3/t18?,19-/m0/s1. The minimum absolute atomic E-state index is 0.143. The largest absolute Gasteiger partial charge is 0.368 e. The van der Waals surface area contributed by atoms with E-state index >= 15 is 0 Å². The van der Waals surface area contributed by atoms with Crippen molar-refractivity contribution in [3.8, 4) is 0 Å². The number of nitrogens with zero attached hydrogens (tertiary/aromatic N) is 2. The van der Waals surface area contributed by atoms with E-state index in [2.05, 4.69) is 42.7 Å². The molecule has 1 aliphatic heterocycles. The van der Waals surface area contributed by atoms with Gasteiger partial charge >= 0.3 is 0 Å². The van der Waals surface area contributed by atoms with E-state index in [1.807, 2.05) is 29.2 Å². The van der Waals surface area contributed by atoms with Crippen molar-refractivity contribution in [3.63, 3.8) is 0 Å². The third-order valence-corrected chi connectivity index (χ3v) is 6.02. The fraction of sp³-hybridized carbons (Fsp3) is 0.381. The first-order chi connectivity index (χ1) is 12.5. The third kappa shape index (κ3) is 3.58. The van der Waals surface area contributed by atoms with Crippen LogP contribution in [0.15, 0.2) is 47.4 Å². The number of hydrogen-bond donors (Lipinski definition) is 1. The van der Waals surface area contributed by atoms with Gasteiger partial charge in [0.2, 0.25) is 5.91 Å². The van der Waals surface area contributed by atoms with E-state index in [-0.39, 0.29) is 5.92 Å². The van der Waals surface area contributed by atoms with E-state index < -0.39 is 0 Å². The van der Waals surface area contributed by atoms with E-state index in [9.17, 15) is 4.79 Å². The molecule has 1 aliphatic carbocycles. The molecule has 2 aromatic carbocycles. The van der Waals surface area contributed by atoms with E-state index in [1.165, 1.54) is 16.8 Å². The Labute approximate surface area is 165 Å². The summed E-state index contributed by atoms with van der Waals surface area (Å²) in [6.45, 7) is 5.38. The third-order valence-electron chi connectivity index (χ3n) is 5.51. The predicted molar refractivity (Wildman–Crippen MR) is 110 cm³/mol. The number of anilines is 1. The Morgan fingerprint density at radius 3 is 2.62 bits per heavy atom. The van der Waals surface area contributed by atoms with Crippen molar-refractivity contribution >= 4 is 35.8 Å². The zero-order chi connectivity index (χ0) is 18.3. The molecule has 1 unspecified atom stereocenters. The lowest BCUT2D eigenvalue weighted by Gasteiger charge is -2.37. The zero-order valence-electron chi connectivity index (χ0n) is 14.9. The van der Waals surface area contributed by atoms with Gasteiger partial charge in [0.1, 0.15) is 0 Å². The predicted octanol–water partition coefficient (Wildman–Crippen LogP) is 4.39. The van der Waals surface area contributed by atoms with Gasteiger partial charge < -0.3 is 9.80 Å². The number of piperazine rings is 1. The summed E-state index contributed by atoms with van der Waals surface area (Å²) < 4.78 is 0. The number of benzene rings is 2. The number of hydrogen-bond acceptors (Lipinski definition) is 3. The molecular weight excluding hydrogens is 364 g/mol. The van der Waals surface area contributed by atoms with Gasteiger partial charge in [-0.05, 0) is 54.7 Å². The van der Waals surface area contributed by atoms with E-state index in [0.717, 1.165) is 42.5 Å². The monoisotopic (exact) mass is 386 g/mol. The van der Waals surface area contributed by atoms with Gasteiger partial charge in [-0.2, -0.15) is 0 Å². The minimum atomic E-state index is 0.143. The van der Waals surface area contributed by atoms with Gasteiger partial charge in [-0.15, -0.1) is 12.6 Å². The van der Waals surface area contributed by atoms with Gasteiger partial charge in [0.25, 0.3) is 0 Å². The van der Waals surface area contributed by atoms with Crippen LogP contribution in [0, 0.1) is 12.8 Å². The molecule has 26 heavy (non-hydrogen) atoms. The second-order valence-corrected chi connectivity index (χ2v) is 8.24. The number of carbonyl (C=O) groups is 1. The fourth-order valence-electron chi connectivity index (χ4n) is 3.92. The Kier molecular flexibility index (Phi) is 4.89. The van der Waals surface area contributed by atoms with Crippen LogP contribution in [-0.4, -0.2) is 37.0 Å². The molecule has 1 saturated carbocycles. The molecule has 2 fully saturated rings. The van der Waals surface area contributed by atoms with Crippen molar-refractivity contribution in [2.45, 2.75) is 24.2 Å². The summed E-state index contributed by atoms with van der Waals surface area (Å²) in [7, 11) is 0. The second kappa shape index (κ2) is 7.16. The Bertz CT molecular complexity index is 833. The molecule has 136 valence electrons. The first kappa shape index (κ1) is 17.7. The van der Waals surface area contributed by atoms with Gasteiger partial charge in [0, 0.05) is 47.7 Å². The lowest BCUT2D eigenvalue weighted by Crippen LogP contribution is -2.49. The molecule has 0 radical (unpaired) electrons. The highest BCUT2D eigenvalue weighted by molar-refractivity contribution is 7.80. The van der Waals surface area contributed by atoms with E-state index in [4.69, 9.17) is 11.6 Å². The maximum atomic E-state index is 12.9. The molecule has 5 heteroatoms. The normalized spacial score (nSPS) is 22.4. The molecule has 0 bridgehead atoms. The molecule has 3 nitrogen and oxygen atoms in total. The summed E-state index contributed by atoms with van der Waals surface area (Å²) in [5.74, 6) is 0.814. The van der Waals surface area contributed by atoms with E-state index in [1.54, 1.807) is 0 Å². The molecule has 2 atom stereocenters. The average Bonchev–Trinajstić information content (AvgIpc) is 3.44. The SMILES string of the molecule is Cc1ccc(Cl)cc1N1CCN(C(=O)[C@H]2CC2c2cccc(S)c2)CC1. The molecule has 1 saturated heterocycles. The summed E-state index contributed by atoms with van der Waals surface area (Å²) in [5, 5.41) is 0.761. The van der Waals surface area contributed by atoms with Crippen LogP contribution in [0.2, 0.25) is 5.02 Å². The topological polar surface area (TPSA) is 23.6 Å². The Morgan fingerprint density at radius 1 is 1.12 bits per heavy atom. The highest BCUT2D eigenvalue weighted by Crippen LogP contribution is 2.48. The summed E-state index contributed by atoms with van der Waals surface area (Å²) >= 11 is 10.6. The van der Waals surface area contributed by atoms with Crippen molar-refractivity contribution in [2.24, 2.45) is 5.92 Å². The maximum absolute atomic E-state index is 12.9. The number of rotatable bonds is 3. The van der Waals surface area contributed by atoms with Crippen LogP contribution < -0.4 is 4.90 Å². The van der Waals surface area contributed by atoms with Crippen LogP contribution in [0.1, 0.15) is 23.5 Å². The van der Waals surface area contributed by atoms with Gasteiger partial charge in [-0.3, -0.25) is 4.79 Å². The number of aryl methyl sites for hydroxylation is 1. The van der Waals surface area contributed by atoms with Crippen LogP contribution in [-0.2, 0) is 4.79 Å². The van der Waals surface area contributed by atoms with Gasteiger partial charge in [0.15, 0.2) is 0 Å². The smallest absolute Gasteiger partial charge is 0.226 e. The lowest BCUT2D eigenvalue weighted by atomic mass is 10.1. The van der Waals surface area contributed by atoms with Crippen LogP contribution in [0.5, 0.6) is 0 Å². The Morgan fingerprint density at radius 2 is 1.88 bits per heavy atom. The Hall–Kier alpha value is -1.65. The highest BCUT2D eigenvalue weighted by atomic mass is 35.5. The molecule has 2 aliphatic rings. The van der Waals surface area contributed by atoms with Crippen LogP contribution in [0.25, 0.3) is 0 Å². The molecule has 1 amide bonds. The van der Waals surface area contributed by atoms with Crippen LogP contribution >= 0.6 is 24.2 Å². The minimum Gasteiger partial charge on any atom is -0.368 e.